The van der Waals surface area contributed by atoms with Crippen LogP contribution in [-0.4, -0.2) is 25.6 Å². The number of hydrogen-bond donors (Lipinski definition) is 1. The number of nitro groups is 1. The summed E-state index contributed by atoms with van der Waals surface area (Å²) in [5, 5.41) is 20.1. The van der Waals surface area contributed by atoms with Gasteiger partial charge in [-0.3, -0.25) is 14.9 Å². The maximum absolute atomic E-state index is 11.1. The zero-order valence-corrected chi connectivity index (χ0v) is 8.25. The molecule has 82 valence electrons. The summed E-state index contributed by atoms with van der Waals surface area (Å²) < 4.78 is 0.560. The van der Waals surface area contributed by atoms with E-state index in [9.17, 15) is 20.1 Å². The molecule has 16 heavy (non-hydrogen) atoms. The van der Waals surface area contributed by atoms with E-state index in [0.29, 0.717) is 10.2 Å². The fourth-order valence-electron chi connectivity index (χ4n) is 1.39. The highest BCUT2D eigenvalue weighted by atomic mass is 16.6. The molecular weight excluding hydrogens is 214 g/mol. The smallest absolute Gasteiger partial charge is 0.271 e. The Bertz CT molecular complexity index is 602. The van der Waals surface area contributed by atoms with Crippen molar-refractivity contribution in [2.75, 3.05) is 0 Å². The summed E-state index contributed by atoms with van der Waals surface area (Å²) in [6.07, 6.45) is 0. The molecule has 1 aromatic heterocycles. The van der Waals surface area contributed by atoms with E-state index < -0.39 is 10.7 Å². The van der Waals surface area contributed by atoms with E-state index in [1.807, 2.05) is 0 Å². The first kappa shape index (κ1) is 10.1. The first-order valence-electron chi connectivity index (χ1n) is 4.38. The molecular formula is C9H7N3O4. The molecule has 0 aliphatic rings. The van der Waals surface area contributed by atoms with Gasteiger partial charge >= 0.3 is 0 Å². The number of imidazole rings is 1. The van der Waals surface area contributed by atoms with Crippen molar-refractivity contribution >= 4 is 22.5 Å². The molecule has 7 nitrogen and oxygen atoms in total. The summed E-state index contributed by atoms with van der Waals surface area (Å²) in [6.45, 7) is 1.25. The summed E-state index contributed by atoms with van der Waals surface area (Å²) in [6, 6.07) is 3.81. The highest BCUT2D eigenvalue weighted by Gasteiger charge is 2.16. The topological polar surface area (TPSA) is 98.3 Å². The van der Waals surface area contributed by atoms with Gasteiger partial charge in [-0.05, 0) is 6.07 Å². The number of Topliss-reactive ketones (excluding diaryl/α,β-unsaturated/α-hetero) is 1. The van der Waals surface area contributed by atoms with E-state index in [4.69, 9.17) is 0 Å². The van der Waals surface area contributed by atoms with Gasteiger partial charge < -0.3 is 5.21 Å². The number of hydrogen-bond acceptors (Lipinski definition) is 5. The minimum Gasteiger partial charge on any atom is -0.426 e. The standard InChI is InChI=1S/C9H7N3O4/c1-5(13)9-10-7-3-2-6(12(15)16)4-8(7)11(9)14/h2-4,14H,1H3. The number of nitrogens with zero attached hydrogens (tertiary/aromatic N) is 3. The van der Waals surface area contributed by atoms with Gasteiger partial charge in [-0.15, -0.1) is 0 Å². The number of non-ortho nitro benzene ring substituents is 1. The second-order valence-electron chi connectivity index (χ2n) is 3.23. The van der Waals surface area contributed by atoms with Crippen molar-refractivity contribution < 1.29 is 14.9 Å². The first-order chi connectivity index (χ1) is 7.50. The van der Waals surface area contributed by atoms with Gasteiger partial charge in [0.15, 0.2) is 5.78 Å². The molecule has 0 aliphatic heterocycles. The van der Waals surface area contributed by atoms with Gasteiger partial charge in [0.1, 0.15) is 5.52 Å². The molecule has 0 atom stereocenters. The predicted octanol–water partition coefficient (Wildman–Crippen LogP) is 1.38. The summed E-state index contributed by atoms with van der Waals surface area (Å²) >= 11 is 0. The quantitative estimate of drug-likeness (QED) is 0.357. The van der Waals surface area contributed by atoms with Crippen LogP contribution in [-0.2, 0) is 0 Å². The lowest BCUT2D eigenvalue weighted by Gasteiger charge is -1.95. The normalized spacial score (nSPS) is 10.6. The maximum atomic E-state index is 11.1. The van der Waals surface area contributed by atoms with Crippen LogP contribution in [0.15, 0.2) is 18.2 Å². The van der Waals surface area contributed by atoms with E-state index in [1.165, 1.54) is 19.1 Å². The Morgan fingerprint density at radius 1 is 1.56 bits per heavy atom. The second-order valence-corrected chi connectivity index (χ2v) is 3.23. The van der Waals surface area contributed by atoms with Gasteiger partial charge in [0, 0.05) is 19.1 Å². The van der Waals surface area contributed by atoms with E-state index in [1.54, 1.807) is 0 Å². The molecule has 0 amide bonds. The zero-order valence-electron chi connectivity index (χ0n) is 8.25. The molecule has 0 fully saturated rings. The lowest BCUT2D eigenvalue weighted by molar-refractivity contribution is -0.384. The summed E-state index contributed by atoms with van der Waals surface area (Å²) in [5.41, 5.74) is 0.301. The number of carbonyl (C=O) groups is 1. The maximum Gasteiger partial charge on any atom is 0.271 e. The molecule has 1 aromatic carbocycles. The van der Waals surface area contributed by atoms with E-state index in [2.05, 4.69) is 4.98 Å². The van der Waals surface area contributed by atoms with Crippen LogP contribution in [0.3, 0.4) is 0 Å². The molecule has 0 spiro atoms. The van der Waals surface area contributed by atoms with Gasteiger partial charge in [0.25, 0.3) is 5.69 Å². The van der Waals surface area contributed by atoms with Crippen molar-refractivity contribution in [1.82, 2.24) is 9.71 Å². The first-order valence-corrected chi connectivity index (χ1v) is 4.38. The molecule has 0 saturated carbocycles. The van der Waals surface area contributed by atoms with Gasteiger partial charge in [0.05, 0.1) is 10.4 Å². The molecule has 2 rings (SSSR count). The molecule has 0 bridgehead atoms. The molecule has 0 saturated heterocycles. The number of aromatic nitrogens is 2. The molecule has 2 aromatic rings. The lowest BCUT2D eigenvalue weighted by Crippen LogP contribution is -2.03. The van der Waals surface area contributed by atoms with Crippen molar-refractivity contribution in [3.63, 3.8) is 0 Å². The van der Waals surface area contributed by atoms with Crippen molar-refractivity contribution in [2.45, 2.75) is 6.92 Å². The number of benzene rings is 1. The van der Waals surface area contributed by atoms with Crippen molar-refractivity contribution in [3.8, 4) is 0 Å². The molecule has 1 N–H and O–H groups in total. The number of nitro benzene ring substituents is 1. The van der Waals surface area contributed by atoms with Crippen LogP contribution in [0.1, 0.15) is 17.5 Å². The van der Waals surface area contributed by atoms with Crippen LogP contribution >= 0.6 is 0 Å². The van der Waals surface area contributed by atoms with Gasteiger partial charge in [-0.2, -0.15) is 4.73 Å². The third-order valence-corrected chi connectivity index (χ3v) is 2.14. The number of rotatable bonds is 2. The van der Waals surface area contributed by atoms with Crippen LogP contribution in [0.2, 0.25) is 0 Å². The van der Waals surface area contributed by atoms with Crippen molar-refractivity contribution in [3.05, 3.63) is 34.1 Å². The van der Waals surface area contributed by atoms with Gasteiger partial charge in [-0.25, -0.2) is 4.98 Å². The Labute approximate surface area is 89.0 Å². The fourth-order valence-corrected chi connectivity index (χ4v) is 1.39. The number of carbonyl (C=O) groups excluding carboxylic acids is 1. The third kappa shape index (κ3) is 1.38. The monoisotopic (exact) mass is 221 g/mol. The predicted molar refractivity (Wildman–Crippen MR) is 53.6 cm³/mol. The Morgan fingerprint density at radius 3 is 2.81 bits per heavy atom. The minimum atomic E-state index is -0.583. The average molecular weight is 221 g/mol. The van der Waals surface area contributed by atoms with Crippen LogP contribution in [0, 0.1) is 10.1 Å². The van der Waals surface area contributed by atoms with E-state index >= 15 is 0 Å². The van der Waals surface area contributed by atoms with Crippen molar-refractivity contribution in [1.29, 1.82) is 0 Å². The third-order valence-electron chi connectivity index (χ3n) is 2.14. The summed E-state index contributed by atoms with van der Waals surface area (Å²) in [5.74, 6) is -0.558. The Morgan fingerprint density at radius 2 is 2.25 bits per heavy atom. The second kappa shape index (κ2) is 3.30. The van der Waals surface area contributed by atoms with Crippen LogP contribution < -0.4 is 0 Å². The Hall–Kier alpha value is -2.44. The largest absolute Gasteiger partial charge is 0.426 e. The molecule has 0 unspecified atom stereocenters. The SMILES string of the molecule is CC(=O)c1nc2ccc([N+](=O)[O-])cc2n1O. The van der Waals surface area contributed by atoms with E-state index in [-0.39, 0.29) is 17.0 Å². The lowest BCUT2D eigenvalue weighted by atomic mass is 10.3. The van der Waals surface area contributed by atoms with Crippen LogP contribution in [0.25, 0.3) is 11.0 Å². The average Bonchev–Trinajstić information content (AvgIpc) is 2.56. The molecule has 0 aliphatic carbocycles. The highest BCUT2D eigenvalue weighted by molar-refractivity contribution is 5.94. The van der Waals surface area contributed by atoms with Gasteiger partial charge in [0.2, 0.25) is 5.82 Å². The number of ketones is 1. The molecule has 1 heterocycles. The summed E-state index contributed by atoms with van der Waals surface area (Å²) in [7, 11) is 0. The van der Waals surface area contributed by atoms with Gasteiger partial charge in [-0.1, -0.05) is 0 Å². The van der Waals surface area contributed by atoms with Crippen LogP contribution in [0.4, 0.5) is 5.69 Å². The summed E-state index contributed by atoms with van der Waals surface area (Å²) in [4.78, 5) is 24.9. The number of fused-ring (bicyclic) bond motifs is 1. The van der Waals surface area contributed by atoms with Crippen LogP contribution in [0.5, 0.6) is 0 Å². The molecule has 7 heteroatoms. The minimum absolute atomic E-state index is 0.138. The fraction of sp³-hybridized carbons (Fsp3) is 0.111. The van der Waals surface area contributed by atoms with Crippen molar-refractivity contribution in [2.24, 2.45) is 0 Å². The van der Waals surface area contributed by atoms with E-state index in [0.717, 1.165) is 6.07 Å². The Kier molecular flexibility index (Phi) is 2.08. The Balaban J connectivity index is 2.73. The molecule has 0 radical (unpaired) electrons. The highest BCUT2D eigenvalue weighted by Crippen LogP contribution is 2.20. The zero-order chi connectivity index (χ0) is 11.9.